The number of rotatable bonds is 13. The quantitative estimate of drug-likeness (QED) is 0.295. The maximum atomic E-state index is 11.9. The summed E-state index contributed by atoms with van der Waals surface area (Å²) < 4.78 is 4.84. The lowest BCUT2D eigenvalue weighted by atomic mass is 9.92. The summed E-state index contributed by atoms with van der Waals surface area (Å²) in [7, 11) is 1.38. The molecule has 0 aliphatic heterocycles. The molecule has 23 heavy (non-hydrogen) atoms. The van der Waals surface area contributed by atoms with Crippen LogP contribution in [0.2, 0.25) is 0 Å². The summed E-state index contributed by atoms with van der Waals surface area (Å²) in [5.41, 5.74) is 0. The van der Waals surface area contributed by atoms with E-state index in [2.05, 4.69) is 16.9 Å². The van der Waals surface area contributed by atoms with Crippen LogP contribution in [0.1, 0.15) is 65.2 Å². The summed E-state index contributed by atoms with van der Waals surface area (Å²) in [6.07, 6.45) is 9.32. The van der Waals surface area contributed by atoms with Gasteiger partial charge >= 0.3 is 5.97 Å². The van der Waals surface area contributed by atoms with Gasteiger partial charge in [-0.05, 0) is 38.5 Å². The first-order valence-electron chi connectivity index (χ1n) is 8.34. The third kappa shape index (κ3) is 9.77. The highest BCUT2D eigenvalue weighted by Gasteiger charge is 2.23. The fraction of sp³-hybridized carbons (Fsp3) is 0.824. The molecule has 3 atom stereocenters. The van der Waals surface area contributed by atoms with Crippen molar-refractivity contribution in [2.24, 2.45) is 15.9 Å². The van der Waals surface area contributed by atoms with E-state index in [1.54, 1.807) is 12.2 Å². The monoisotopic (exact) mass is 324 g/mol. The van der Waals surface area contributed by atoms with Gasteiger partial charge in [0, 0.05) is 0 Å². The Bertz CT molecular complexity index is 426. The maximum Gasteiger partial charge on any atom is 0.308 e. The van der Waals surface area contributed by atoms with E-state index in [1.165, 1.54) is 7.11 Å². The van der Waals surface area contributed by atoms with E-state index in [-0.39, 0.29) is 24.0 Å². The molecule has 6 heteroatoms. The number of hydrogen-bond donors (Lipinski definition) is 0. The molecule has 0 bridgehead atoms. The number of nitrogens with zero attached hydrogens (tertiary/aromatic N) is 2. The number of methoxy groups -OCH3 is 1. The topological polar surface area (TPSA) is 85.2 Å². The average Bonchev–Trinajstić information content (AvgIpc) is 2.56. The van der Waals surface area contributed by atoms with Crippen LogP contribution in [0.3, 0.4) is 0 Å². The standard InChI is InChI=1S/C17H28N2O4/c1-4-6-8-14(17(22)23-3)11-16(19-13-21)10-7-9-15(5-2)18-12-20/h14-16H,4-11H2,1-3H3. The molecule has 0 aliphatic rings. The number of isocyanates is 2. The summed E-state index contributed by atoms with van der Waals surface area (Å²) in [4.78, 5) is 40.4. The number of unbranched alkanes of at least 4 members (excludes halogenated alkanes) is 1. The van der Waals surface area contributed by atoms with E-state index >= 15 is 0 Å². The van der Waals surface area contributed by atoms with Crippen LogP contribution in [0, 0.1) is 5.92 Å². The third-order valence-corrected chi connectivity index (χ3v) is 4.01. The molecular weight excluding hydrogens is 296 g/mol. The van der Waals surface area contributed by atoms with Gasteiger partial charge in [-0.2, -0.15) is 0 Å². The zero-order valence-corrected chi connectivity index (χ0v) is 14.4. The Balaban J connectivity index is 4.59. The van der Waals surface area contributed by atoms with Crippen LogP contribution in [0.15, 0.2) is 9.98 Å². The minimum Gasteiger partial charge on any atom is -0.469 e. The summed E-state index contributed by atoms with van der Waals surface area (Å²) in [6, 6.07) is -0.281. The van der Waals surface area contributed by atoms with Crippen molar-refractivity contribution in [2.75, 3.05) is 7.11 Å². The fourth-order valence-corrected chi connectivity index (χ4v) is 2.61. The van der Waals surface area contributed by atoms with E-state index in [0.717, 1.165) is 38.5 Å². The lowest BCUT2D eigenvalue weighted by Gasteiger charge is -2.18. The Labute approximate surface area is 138 Å². The van der Waals surface area contributed by atoms with Gasteiger partial charge < -0.3 is 4.74 Å². The summed E-state index contributed by atoms with van der Waals surface area (Å²) in [5.74, 6) is -0.487. The third-order valence-electron chi connectivity index (χ3n) is 4.01. The minimum absolute atomic E-state index is 0.0372. The van der Waals surface area contributed by atoms with Crippen LogP contribution in [0.4, 0.5) is 0 Å². The van der Waals surface area contributed by atoms with Crippen molar-refractivity contribution in [1.82, 2.24) is 0 Å². The van der Waals surface area contributed by atoms with Gasteiger partial charge in [-0.1, -0.05) is 26.7 Å². The molecule has 0 radical (unpaired) electrons. The van der Waals surface area contributed by atoms with Crippen LogP contribution < -0.4 is 0 Å². The van der Waals surface area contributed by atoms with E-state index in [1.807, 2.05) is 6.92 Å². The van der Waals surface area contributed by atoms with Crippen molar-refractivity contribution in [3.05, 3.63) is 0 Å². The van der Waals surface area contributed by atoms with Crippen molar-refractivity contribution in [3.63, 3.8) is 0 Å². The number of esters is 1. The van der Waals surface area contributed by atoms with Crippen molar-refractivity contribution in [2.45, 2.75) is 77.3 Å². The van der Waals surface area contributed by atoms with Crippen molar-refractivity contribution >= 4 is 18.1 Å². The average molecular weight is 324 g/mol. The predicted molar refractivity (Wildman–Crippen MR) is 87.6 cm³/mol. The van der Waals surface area contributed by atoms with Gasteiger partial charge in [0.15, 0.2) is 0 Å². The second kappa shape index (κ2) is 13.9. The SMILES string of the molecule is CCCCC(CC(CCCC(CC)N=C=O)N=C=O)C(=O)OC. The van der Waals surface area contributed by atoms with Crippen molar-refractivity contribution in [3.8, 4) is 0 Å². The first-order chi connectivity index (χ1) is 11.1. The van der Waals surface area contributed by atoms with Crippen LogP contribution in [-0.2, 0) is 19.1 Å². The number of carbonyl (C=O) groups is 1. The van der Waals surface area contributed by atoms with E-state index in [9.17, 15) is 14.4 Å². The van der Waals surface area contributed by atoms with E-state index in [4.69, 9.17) is 4.74 Å². The van der Waals surface area contributed by atoms with Crippen LogP contribution in [0.5, 0.6) is 0 Å². The highest BCUT2D eigenvalue weighted by atomic mass is 16.5. The zero-order chi connectivity index (χ0) is 17.5. The Morgan fingerprint density at radius 2 is 1.61 bits per heavy atom. The molecular formula is C17H28N2O4. The van der Waals surface area contributed by atoms with Crippen LogP contribution >= 0.6 is 0 Å². The van der Waals surface area contributed by atoms with Gasteiger partial charge in [0.1, 0.15) is 0 Å². The normalized spacial score (nSPS) is 14.0. The number of carbonyl (C=O) groups excluding carboxylic acids is 3. The number of hydrogen-bond acceptors (Lipinski definition) is 6. The molecule has 0 aliphatic carbocycles. The second-order valence-corrected chi connectivity index (χ2v) is 5.69. The molecule has 0 fully saturated rings. The first-order valence-corrected chi connectivity index (χ1v) is 8.34. The lowest BCUT2D eigenvalue weighted by Crippen LogP contribution is -2.22. The van der Waals surface area contributed by atoms with Gasteiger partial charge in [0.2, 0.25) is 12.2 Å². The molecule has 0 saturated heterocycles. The molecule has 0 N–H and O–H groups in total. The summed E-state index contributed by atoms with van der Waals surface area (Å²) >= 11 is 0. The van der Waals surface area contributed by atoms with Gasteiger partial charge in [-0.25, -0.2) is 19.6 Å². The molecule has 0 saturated carbocycles. The Morgan fingerprint density at radius 3 is 2.13 bits per heavy atom. The highest BCUT2D eigenvalue weighted by Crippen LogP contribution is 2.22. The van der Waals surface area contributed by atoms with E-state index in [0.29, 0.717) is 12.8 Å². The molecule has 0 amide bonds. The molecule has 0 rings (SSSR count). The number of aliphatic imine (C=N–C) groups is 2. The Hall–Kier alpha value is -1.77. The molecule has 0 aromatic heterocycles. The Kier molecular flexibility index (Phi) is 12.8. The molecule has 130 valence electrons. The summed E-state index contributed by atoms with van der Waals surface area (Å²) in [5, 5.41) is 0. The Morgan fingerprint density at radius 1 is 1.00 bits per heavy atom. The smallest absolute Gasteiger partial charge is 0.308 e. The first kappa shape index (κ1) is 21.2. The maximum absolute atomic E-state index is 11.9. The van der Waals surface area contributed by atoms with Crippen LogP contribution in [0.25, 0.3) is 0 Å². The fourth-order valence-electron chi connectivity index (χ4n) is 2.61. The lowest BCUT2D eigenvalue weighted by molar-refractivity contribution is -0.146. The van der Waals surface area contributed by atoms with Gasteiger partial charge in [-0.15, -0.1) is 0 Å². The van der Waals surface area contributed by atoms with Crippen molar-refractivity contribution in [1.29, 1.82) is 0 Å². The number of ether oxygens (including phenoxy) is 1. The second-order valence-electron chi connectivity index (χ2n) is 5.69. The predicted octanol–water partition coefficient (Wildman–Crippen LogP) is 3.35. The highest BCUT2D eigenvalue weighted by molar-refractivity contribution is 5.72. The molecule has 6 nitrogen and oxygen atoms in total. The largest absolute Gasteiger partial charge is 0.469 e. The molecule has 0 aromatic carbocycles. The minimum atomic E-state index is -0.249. The molecule has 0 aromatic rings. The molecule has 0 spiro atoms. The van der Waals surface area contributed by atoms with Gasteiger partial charge in [0.25, 0.3) is 0 Å². The van der Waals surface area contributed by atoms with Crippen LogP contribution in [-0.4, -0.2) is 37.3 Å². The van der Waals surface area contributed by atoms with Gasteiger partial charge in [-0.3, -0.25) is 4.79 Å². The summed E-state index contributed by atoms with van der Waals surface area (Å²) in [6.45, 7) is 4.03. The van der Waals surface area contributed by atoms with Crippen molar-refractivity contribution < 1.29 is 19.1 Å². The van der Waals surface area contributed by atoms with E-state index < -0.39 is 0 Å². The van der Waals surface area contributed by atoms with Gasteiger partial charge in [0.05, 0.1) is 25.1 Å². The molecule has 0 heterocycles. The zero-order valence-electron chi connectivity index (χ0n) is 14.4. The molecule has 3 unspecified atom stereocenters.